The lowest BCUT2D eigenvalue weighted by Gasteiger charge is -2.07. The molecule has 0 saturated carbocycles. The van der Waals surface area contributed by atoms with E-state index in [1.807, 2.05) is 25.1 Å². The molecule has 0 atom stereocenters. The quantitative estimate of drug-likeness (QED) is 0.815. The number of sulfone groups is 1. The van der Waals surface area contributed by atoms with Crippen molar-refractivity contribution in [3.63, 3.8) is 0 Å². The van der Waals surface area contributed by atoms with E-state index in [0.29, 0.717) is 11.4 Å². The van der Waals surface area contributed by atoms with Crippen molar-refractivity contribution in [2.75, 3.05) is 16.8 Å². The van der Waals surface area contributed by atoms with Crippen LogP contribution in [0.1, 0.15) is 18.1 Å². The maximum absolute atomic E-state index is 12.0. The molecular weight excluding hydrogens is 342 g/mol. The molecule has 2 aromatic rings. The normalized spacial score (nSPS) is 11.2. The Hall–Kier alpha value is -1.79. The molecule has 0 heterocycles. The molecule has 4 nitrogen and oxygen atoms in total. The van der Waals surface area contributed by atoms with Gasteiger partial charge < -0.3 is 5.32 Å². The van der Waals surface area contributed by atoms with Gasteiger partial charge in [-0.15, -0.1) is 11.8 Å². The maximum Gasteiger partial charge on any atom is 0.234 e. The van der Waals surface area contributed by atoms with Gasteiger partial charge in [0.05, 0.1) is 16.4 Å². The van der Waals surface area contributed by atoms with E-state index in [-0.39, 0.29) is 16.6 Å². The third-order valence-corrected chi connectivity index (χ3v) is 6.22. The van der Waals surface area contributed by atoms with Gasteiger partial charge in [-0.25, -0.2) is 8.42 Å². The van der Waals surface area contributed by atoms with Gasteiger partial charge in [0.1, 0.15) is 0 Å². The number of thioether (sulfide) groups is 1. The van der Waals surface area contributed by atoms with Crippen molar-refractivity contribution in [3.8, 4) is 0 Å². The van der Waals surface area contributed by atoms with E-state index in [2.05, 4.69) is 11.4 Å². The molecule has 128 valence electrons. The van der Waals surface area contributed by atoms with Gasteiger partial charge in [-0.2, -0.15) is 0 Å². The summed E-state index contributed by atoms with van der Waals surface area (Å²) in [5.41, 5.74) is 3.01. The van der Waals surface area contributed by atoms with Crippen LogP contribution in [0.4, 0.5) is 5.69 Å². The SMILES string of the molecule is CCS(=O)(=O)c1ccc(NC(=O)CSCc2cccc(C)c2)cc1. The van der Waals surface area contributed by atoms with Crippen LogP contribution in [0.2, 0.25) is 0 Å². The maximum atomic E-state index is 12.0. The second-order valence-corrected chi connectivity index (χ2v) is 8.72. The number of rotatable bonds is 7. The molecule has 0 fully saturated rings. The van der Waals surface area contributed by atoms with Gasteiger partial charge in [0.25, 0.3) is 0 Å². The highest BCUT2D eigenvalue weighted by atomic mass is 32.2. The number of amides is 1. The van der Waals surface area contributed by atoms with Gasteiger partial charge in [0, 0.05) is 11.4 Å². The van der Waals surface area contributed by atoms with E-state index >= 15 is 0 Å². The fourth-order valence-corrected chi connectivity index (χ4v) is 3.83. The van der Waals surface area contributed by atoms with Crippen molar-refractivity contribution in [2.24, 2.45) is 0 Å². The Balaban J connectivity index is 1.84. The standard InChI is InChI=1S/C18H21NO3S2/c1-3-24(21,22)17-9-7-16(8-10-17)19-18(20)13-23-12-15-6-4-5-14(2)11-15/h4-11H,3,12-13H2,1-2H3,(H,19,20). The van der Waals surface area contributed by atoms with Crippen molar-refractivity contribution < 1.29 is 13.2 Å². The first kappa shape index (κ1) is 18.5. The molecule has 1 amide bonds. The van der Waals surface area contributed by atoms with Crippen LogP contribution in [-0.4, -0.2) is 25.8 Å². The molecule has 0 bridgehead atoms. The number of benzene rings is 2. The highest BCUT2D eigenvalue weighted by Crippen LogP contribution is 2.17. The van der Waals surface area contributed by atoms with Crippen LogP contribution in [0, 0.1) is 6.92 Å². The molecule has 0 saturated heterocycles. The molecule has 0 aromatic heterocycles. The van der Waals surface area contributed by atoms with E-state index in [0.717, 1.165) is 5.75 Å². The van der Waals surface area contributed by atoms with Crippen LogP contribution in [-0.2, 0) is 20.4 Å². The molecule has 0 unspecified atom stereocenters. The lowest BCUT2D eigenvalue weighted by molar-refractivity contribution is -0.113. The van der Waals surface area contributed by atoms with Crippen molar-refractivity contribution in [1.82, 2.24) is 0 Å². The van der Waals surface area contributed by atoms with Crippen molar-refractivity contribution in [1.29, 1.82) is 0 Å². The van der Waals surface area contributed by atoms with Gasteiger partial charge in [-0.1, -0.05) is 36.8 Å². The summed E-state index contributed by atoms with van der Waals surface area (Å²) < 4.78 is 23.5. The number of hydrogen-bond donors (Lipinski definition) is 1. The van der Waals surface area contributed by atoms with Crippen molar-refractivity contribution in [3.05, 3.63) is 59.7 Å². The van der Waals surface area contributed by atoms with Crippen LogP contribution < -0.4 is 5.32 Å². The van der Waals surface area contributed by atoms with E-state index < -0.39 is 9.84 Å². The lowest BCUT2D eigenvalue weighted by Crippen LogP contribution is -2.14. The molecule has 1 N–H and O–H groups in total. The highest BCUT2D eigenvalue weighted by molar-refractivity contribution is 7.99. The fourth-order valence-electron chi connectivity index (χ4n) is 2.17. The molecule has 0 aliphatic heterocycles. The summed E-state index contributed by atoms with van der Waals surface area (Å²) in [6.07, 6.45) is 0. The zero-order chi connectivity index (χ0) is 17.6. The van der Waals surface area contributed by atoms with Crippen LogP contribution >= 0.6 is 11.8 Å². The number of hydrogen-bond acceptors (Lipinski definition) is 4. The second kappa shape index (κ2) is 8.35. The minimum atomic E-state index is -3.21. The first-order chi connectivity index (χ1) is 11.4. The molecule has 2 aromatic carbocycles. The van der Waals surface area contributed by atoms with Gasteiger partial charge in [0.2, 0.25) is 5.91 Å². The Morgan fingerprint density at radius 2 is 1.83 bits per heavy atom. The molecule has 0 radical (unpaired) electrons. The Labute approximate surface area is 147 Å². The van der Waals surface area contributed by atoms with Gasteiger partial charge in [0.15, 0.2) is 9.84 Å². The zero-order valence-electron chi connectivity index (χ0n) is 13.8. The van der Waals surface area contributed by atoms with Crippen LogP contribution in [0.25, 0.3) is 0 Å². The summed E-state index contributed by atoms with van der Waals surface area (Å²) in [5.74, 6) is 1.10. The number of nitrogens with one attached hydrogen (secondary N) is 1. The minimum Gasteiger partial charge on any atom is -0.325 e. The van der Waals surface area contributed by atoms with Crippen LogP contribution in [0.15, 0.2) is 53.4 Å². The number of carbonyl (C=O) groups is 1. The summed E-state index contributed by atoms with van der Waals surface area (Å²) in [6, 6.07) is 14.5. The summed E-state index contributed by atoms with van der Waals surface area (Å²) in [6.45, 7) is 3.65. The van der Waals surface area contributed by atoms with E-state index in [4.69, 9.17) is 0 Å². The Kier molecular flexibility index (Phi) is 6.45. The average Bonchev–Trinajstić information content (AvgIpc) is 2.55. The first-order valence-corrected chi connectivity index (χ1v) is 10.5. The molecule has 0 aliphatic rings. The molecule has 24 heavy (non-hydrogen) atoms. The van der Waals surface area contributed by atoms with Crippen molar-refractivity contribution >= 4 is 33.2 Å². The predicted molar refractivity (Wildman–Crippen MR) is 100 cm³/mol. The zero-order valence-corrected chi connectivity index (χ0v) is 15.4. The van der Waals surface area contributed by atoms with E-state index in [1.54, 1.807) is 30.8 Å². The van der Waals surface area contributed by atoms with Crippen molar-refractivity contribution in [2.45, 2.75) is 24.5 Å². The monoisotopic (exact) mass is 363 g/mol. The summed E-state index contributed by atoms with van der Waals surface area (Å²) in [7, 11) is -3.21. The fraction of sp³-hybridized carbons (Fsp3) is 0.278. The number of aryl methyl sites for hydroxylation is 1. The lowest BCUT2D eigenvalue weighted by atomic mass is 10.2. The third-order valence-electron chi connectivity index (χ3n) is 3.46. The first-order valence-electron chi connectivity index (χ1n) is 7.66. The number of anilines is 1. The Bertz CT molecular complexity index is 799. The van der Waals surface area contributed by atoms with Gasteiger partial charge in [-0.05, 0) is 36.8 Å². The van der Waals surface area contributed by atoms with E-state index in [9.17, 15) is 13.2 Å². The summed E-state index contributed by atoms with van der Waals surface area (Å²) in [5, 5.41) is 2.78. The Morgan fingerprint density at radius 3 is 2.46 bits per heavy atom. The Morgan fingerprint density at radius 1 is 1.12 bits per heavy atom. The van der Waals surface area contributed by atoms with Crippen LogP contribution in [0.5, 0.6) is 0 Å². The third kappa shape index (κ3) is 5.39. The minimum absolute atomic E-state index is 0.0638. The topological polar surface area (TPSA) is 63.2 Å². The second-order valence-electron chi connectivity index (χ2n) is 5.46. The van der Waals surface area contributed by atoms with Gasteiger partial charge in [-0.3, -0.25) is 4.79 Å². The smallest absolute Gasteiger partial charge is 0.234 e. The van der Waals surface area contributed by atoms with E-state index in [1.165, 1.54) is 23.3 Å². The molecule has 6 heteroatoms. The molecule has 2 rings (SSSR count). The summed E-state index contributed by atoms with van der Waals surface area (Å²) >= 11 is 1.55. The summed E-state index contributed by atoms with van der Waals surface area (Å²) in [4.78, 5) is 12.2. The van der Waals surface area contributed by atoms with Crippen LogP contribution in [0.3, 0.4) is 0 Å². The molecular formula is C18H21NO3S2. The highest BCUT2D eigenvalue weighted by Gasteiger charge is 2.11. The average molecular weight is 364 g/mol. The largest absolute Gasteiger partial charge is 0.325 e. The van der Waals surface area contributed by atoms with Gasteiger partial charge >= 0.3 is 0 Å². The molecule has 0 aliphatic carbocycles. The number of carbonyl (C=O) groups excluding carboxylic acids is 1. The predicted octanol–water partition coefficient (Wildman–Crippen LogP) is 3.66. The molecule has 0 spiro atoms.